The summed E-state index contributed by atoms with van der Waals surface area (Å²) in [5.41, 5.74) is 11.0. The van der Waals surface area contributed by atoms with E-state index in [-0.39, 0.29) is 0 Å². The Bertz CT molecular complexity index is 37.3. The van der Waals surface area contributed by atoms with Gasteiger partial charge in [-0.05, 0) is 0 Å². The van der Waals surface area contributed by atoms with Crippen molar-refractivity contribution >= 4 is 0 Å². The Kier molecular flexibility index (Phi) is 1.45. The number of aliphatic hydroxyl groups is 1. The standard InChI is InChI=1S/CH8N4O/c2-1(3,6)5-4/h5-6H,2-4H2. The molecule has 0 spiro atoms. The number of nitrogens with two attached hydrogens (primary N) is 3. The van der Waals surface area contributed by atoms with Crippen LogP contribution < -0.4 is 22.7 Å². The Balaban J connectivity index is 3.17. The second-order valence-corrected chi connectivity index (χ2v) is 0.970. The van der Waals surface area contributed by atoms with E-state index in [9.17, 15) is 0 Å². The van der Waals surface area contributed by atoms with Crippen molar-refractivity contribution in [2.45, 2.75) is 5.97 Å². The highest BCUT2D eigenvalue weighted by Gasteiger charge is 2.06. The minimum Gasteiger partial charge on any atom is -0.350 e. The first-order chi connectivity index (χ1) is 2.56. The maximum atomic E-state index is 8.15. The fourth-order valence-electron chi connectivity index (χ4n) is 0. The zero-order chi connectivity index (χ0) is 5.21. The number of rotatable bonds is 1. The maximum absolute atomic E-state index is 8.15. The molecule has 6 heavy (non-hydrogen) atoms. The fraction of sp³-hybridized carbons (Fsp3) is 1.00. The van der Waals surface area contributed by atoms with Crippen LogP contribution in [0.25, 0.3) is 0 Å². The number of hydrogen-bond acceptors (Lipinski definition) is 5. The molecule has 0 amide bonds. The summed E-state index contributed by atoms with van der Waals surface area (Å²) in [7, 11) is 0. The van der Waals surface area contributed by atoms with E-state index in [2.05, 4.69) is 17.3 Å². The first-order valence-electron chi connectivity index (χ1n) is 1.34. The molecule has 38 valence electrons. The molecule has 0 aromatic rings. The number of nitrogens with one attached hydrogen (secondary N) is 1. The predicted molar refractivity (Wildman–Crippen MR) is 20.6 cm³/mol. The molecule has 0 aliphatic heterocycles. The van der Waals surface area contributed by atoms with Gasteiger partial charge in [0.1, 0.15) is 0 Å². The molecule has 0 bridgehead atoms. The fourth-order valence-corrected chi connectivity index (χ4v) is 0. The summed E-state index contributed by atoms with van der Waals surface area (Å²) in [5, 5.41) is 8.15. The summed E-state index contributed by atoms with van der Waals surface area (Å²) in [6.45, 7) is 0. The second kappa shape index (κ2) is 1.50. The lowest BCUT2D eigenvalue weighted by Crippen LogP contribution is -2.63. The summed E-state index contributed by atoms with van der Waals surface area (Å²) in [5.74, 6) is 2.62. The van der Waals surface area contributed by atoms with Gasteiger partial charge in [-0.15, -0.1) is 0 Å². The highest BCUT2D eigenvalue weighted by molar-refractivity contribution is 4.46. The lowest BCUT2D eigenvalue weighted by molar-refractivity contribution is 0.0181. The van der Waals surface area contributed by atoms with Crippen LogP contribution in [0.15, 0.2) is 0 Å². The van der Waals surface area contributed by atoms with E-state index in [1.807, 2.05) is 0 Å². The summed E-state index contributed by atoms with van der Waals surface area (Å²) in [6, 6.07) is 0. The molecule has 0 aliphatic rings. The Morgan fingerprint density at radius 2 is 1.67 bits per heavy atom. The van der Waals surface area contributed by atoms with Crippen LogP contribution in [0.1, 0.15) is 0 Å². The van der Waals surface area contributed by atoms with Crippen LogP contribution in [-0.2, 0) is 0 Å². The van der Waals surface area contributed by atoms with E-state index in [1.54, 1.807) is 5.43 Å². The van der Waals surface area contributed by atoms with E-state index < -0.39 is 5.97 Å². The van der Waals surface area contributed by atoms with Gasteiger partial charge < -0.3 is 5.11 Å². The summed E-state index contributed by atoms with van der Waals surface area (Å²) in [6.07, 6.45) is 0. The molecule has 0 unspecified atom stereocenters. The Morgan fingerprint density at radius 3 is 1.67 bits per heavy atom. The predicted octanol–water partition coefficient (Wildman–Crippen LogP) is -3.03. The minimum atomic E-state index is -1.93. The van der Waals surface area contributed by atoms with Gasteiger partial charge in [0, 0.05) is 0 Å². The number of hydrogen-bond donors (Lipinski definition) is 5. The second-order valence-electron chi connectivity index (χ2n) is 0.970. The normalized spacial score (nSPS) is 12.0. The molecular weight excluding hydrogens is 84.0 g/mol. The van der Waals surface area contributed by atoms with Gasteiger partial charge in [0.05, 0.1) is 0 Å². The average Bonchev–Trinajstić information content (AvgIpc) is 1.35. The third kappa shape index (κ3) is 3.80. The topological polar surface area (TPSA) is 110 Å². The molecule has 0 aromatic carbocycles. The molecule has 5 nitrogen and oxygen atoms in total. The van der Waals surface area contributed by atoms with Gasteiger partial charge in [0.2, 0.25) is 5.97 Å². The molecule has 8 N–H and O–H groups in total. The van der Waals surface area contributed by atoms with Crippen LogP contribution in [0, 0.1) is 0 Å². The zero-order valence-electron chi connectivity index (χ0n) is 3.18. The van der Waals surface area contributed by atoms with Crippen molar-refractivity contribution in [3.05, 3.63) is 0 Å². The molecule has 0 aromatic heterocycles. The quantitative estimate of drug-likeness (QED) is 0.134. The molecule has 0 radical (unpaired) electrons. The van der Waals surface area contributed by atoms with Crippen molar-refractivity contribution in [1.82, 2.24) is 5.43 Å². The third-order valence-corrected chi connectivity index (χ3v) is 0.231. The molecule has 0 atom stereocenters. The summed E-state index contributed by atoms with van der Waals surface area (Å²) < 4.78 is 0. The lowest BCUT2D eigenvalue weighted by Gasteiger charge is -2.12. The Morgan fingerprint density at radius 1 is 1.50 bits per heavy atom. The monoisotopic (exact) mass is 92.1 g/mol. The summed E-state index contributed by atoms with van der Waals surface area (Å²) in [4.78, 5) is 0. The highest BCUT2D eigenvalue weighted by Crippen LogP contribution is 1.61. The van der Waals surface area contributed by atoms with E-state index in [0.717, 1.165) is 0 Å². The summed E-state index contributed by atoms with van der Waals surface area (Å²) >= 11 is 0. The molecule has 0 saturated heterocycles. The largest absolute Gasteiger partial charge is 0.350 e. The SMILES string of the molecule is NNC(N)(N)O. The van der Waals surface area contributed by atoms with Gasteiger partial charge in [-0.25, -0.2) is 5.43 Å². The van der Waals surface area contributed by atoms with E-state index in [0.29, 0.717) is 0 Å². The van der Waals surface area contributed by atoms with Gasteiger partial charge in [0.15, 0.2) is 0 Å². The van der Waals surface area contributed by atoms with Gasteiger partial charge in [-0.1, -0.05) is 0 Å². The van der Waals surface area contributed by atoms with Crippen molar-refractivity contribution in [3.63, 3.8) is 0 Å². The first kappa shape index (κ1) is 5.80. The molecule has 0 aliphatic carbocycles. The highest BCUT2D eigenvalue weighted by atomic mass is 16.3. The molecule has 0 fully saturated rings. The first-order valence-corrected chi connectivity index (χ1v) is 1.34. The van der Waals surface area contributed by atoms with E-state index in [1.165, 1.54) is 0 Å². The van der Waals surface area contributed by atoms with Gasteiger partial charge in [0.25, 0.3) is 0 Å². The van der Waals surface area contributed by atoms with Gasteiger partial charge >= 0.3 is 0 Å². The van der Waals surface area contributed by atoms with Gasteiger partial charge in [-0.2, -0.15) is 0 Å². The molecular formula is CH8N4O. The van der Waals surface area contributed by atoms with Crippen molar-refractivity contribution in [1.29, 1.82) is 0 Å². The van der Waals surface area contributed by atoms with Crippen molar-refractivity contribution in [2.24, 2.45) is 17.3 Å². The Hall–Kier alpha value is -0.200. The molecule has 0 saturated carbocycles. The maximum Gasteiger partial charge on any atom is 0.240 e. The van der Waals surface area contributed by atoms with Crippen LogP contribution in [0.3, 0.4) is 0 Å². The zero-order valence-corrected chi connectivity index (χ0v) is 3.18. The van der Waals surface area contributed by atoms with Crippen LogP contribution in [0.2, 0.25) is 0 Å². The average molecular weight is 92.1 g/mol. The minimum absolute atomic E-state index is 1.72. The van der Waals surface area contributed by atoms with E-state index >= 15 is 0 Å². The Labute approximate surface area is 35.1 Å². The molecule has 0 rings (SSSR count). The van der Waals surface area contributed by atoms with Crippen molar-refractivity contribution in [2.75, 3.05) is 0 Å². The smallest absolute Gasteiger partial charge is 0.240 e. The van der Waals surface area contributed by atoms with Crippen LogP contribution in [-0.4, -0.2) is 11.1 Å². The number of hydrazine groups is 1. The van der Waals surface area contributed by atoms with Crippen molar-refractivity contribution in [3.8, 4) is 0 Å². The molecule has 5 heteroatoms. The third-order valence-electron chi connectivity index (χ3n) is 0.231. The van der Waals surface area contributed by atoms with Gasteiger partial charge in [-0.3, -0.25) is 17.3 Å². The van der Waals surface area contributed by atoms with Crippen LogP contribution in [0.4, 0.5) is 0 Å². The van der Waals surface area contributed by atoms with Crippen LogP contribution >= 0.6 is 0 Å². The van der Waals surface area contributed by atoms with Crippen molar-refractivity contribution < 1.29 is 5.11 Å². The van der Waals surface area contributed by atoms with E-state index in [4.69, 9.17) is 5.11 Å². The lowest BCUT2D eigenvalue weighted by atomic mass is 10.8. The van der Waals surface area contributed by atoms with Crippen LogP contribution in [0.5, 0.6) is 0 Å². The molecule has 0 heterocycles.